The summed E-state index contributed by atoms with van der Waals surface area (Å²) < 4.78 is 8.21. The number of hydrogen-bond acceptors (Lipinski definition) is 3. The highest BCUT2D eigenvalue weighted by Gasteiger charge is 2.06. The quantitative estimate of drug-likeness (QED) is 0.781. The summed E-state index contributed by atoms with van der Waals surface area (Å²) in [6.45, 7) is 3.82. The van der Waals surface area contributed by atoms with Crippen molar-refractivity contribution in [3.8, 4) is 11.4 Å². The molecule has 0 saturated carbocycles. The Labute approximate surface area is 119 Å². The molecule has 0 spiro atoms. The number of imidazole rings is 1. The van der Waals surface area contributed by atoms with E-state index in [1.165, 1.54) is 0 Å². The largest absolute Gasteiger partial charge is 0.497 e. The Hall–Kier alpha value is -1.20. The Morgan fingerprint density at radius 3 is 3.11 bits per heavy atom. The van der Waals surface area contributed by atoms with Gasteiger partial charge in [-0.05, 0) is 16.6 Å². The van der Waals surface area contributed by atoms with E-state index in [1.54, 1.807) is 25.1 Å². The molecule has 0 aliphatic rings. The van der Waals surface area contributed by atoms with Gasteiger partial charge in [-0.15, -0.1) is 0 Å². The number of benzene rings is 1. The topological polar surface area (TPSA) is 27.1 Å². The van der Waals surface area contributed by atoms with Crippen molar-refractivity contribution in [3.05, 3.63) is 47.7 Å². The van der Waals surface area contributed by atoms with Gasteiger partial charge in [0, 0.05) is 24.2 Å². The molecular weight excluding hydrogens is 312 g/mol. The maximum absolute atomic E-state index is 5.23. The fraction of sp³-hybridized carbons (Fsp3) is 0.154. The van der Waals surface area contributed by atoms with Crippen molar-refractivity contribution in [2.24, 2.45) is 0 Å². The Kier molecular flexibility index (Phi) is 4.49. The van der Waals surface area contributed by atoms with E-state index in [9.17, 15) is 0 Å². The second-order valence-electron chi connectivity index (χ2n) is 3.59. The maximum atomic E-state index is 5.23. The Bertz CT molecular complexity index is 553. The second-order valence-corrected chi connectivity index (χ2v) is 5.65. The van der Waals surface area contributed by atoms with Gasteiger partial charge in [0.1, 0.15) is 5.75 Å². The summed E-state index contributed by atoms with van der Waals surface area (Å²) in [6.07, 6.45) is 3.73. The average Bonchev–Trinajstić information content (AvgIpc) is 2.84. The van der Waals surface area contributed by atoms with E-state index in [-0.39, 0.29) is 0 Å². The predicted octanol–water partition coefficient (Wildman–Crippen LogP) is 3.88. The van der Waals surface area contributed by atoms with Crippen molar-refractivity contribution < 1.29 is 4.74 Å². The van der Waals surface area contributed by atoms with E-state index in [4.69, 9.17) is 4.74 Å². The van der Waals surface area contributed by atoms with Crippen LogP contribution in [0, 0.1) is 0 Å². The first-order valence-corrected chi connectivity index (χ1v) is 7.12. The van der Waals surface area contributed by atoms with Crippen molar-refractivity contribution in [2.75, 3.05) is 12.9 Å². The van der Waals surface area contributed by atoms with E-state index in [1.807, 2.05) is 35.0 Å². The van der Waals surface area contributed by atoms with Crippen LogP contribution < -0.4 is 4.74 Å². The van der Waals surface area contributed by atoms with E-state index in [0.29, 0.717) is 0 Å². The van der Waals surface area contributed by atoms with Crippen LogP contribution in [-0.2, 0) is 0 Å². The highest BCUT2D eigenvalue weighted by Crippen LogP contribution is 2.25. The molecule has 0 aliphatic carbocycles. The fourth-order valence-corrected chi connectivity index (χ4v) is 2.57. The highest BCUT2D eigenvalue weighted by atomic mass is 79.9. The Morgan fingerprint density at radius 1 is 1.56 bits per heavy atom. The van der Waals surface area contributed by atoms with Crippen LogP contribution in [-0.4, -0.2) is 22.4 Å². The third kappa shape index (κ3) is 3.17. The molecule has 18 heavy (non-hydrogen) atoms. The zero-order valence-electron chi connectivity index (χ0n) is 9.97. The van der Waals surface area contributed by atoms with Crippen molar-refractivity contribution in [2.45, 2.75) is 5.16 Å². The lowest BCUT2D eigenvalue weighted by molar-refractivity contribution is 0.414. The number of halogens is 1. The van der Waals surface area contributed by atoms with Gasteiger partial charge < -0.3 is 4.74 Å². The molecule has 3 nitrogen and oxygen atoms in total. The number of thioether (sulfide) groups is 1. The lowest BCUT2D eigenvalue weighted by Crippen LogP contribution is -1.96. The first-order chi connectivity index (χ1) is 8.70. The first kappa shape index (κ1) is 13.2. The summed E-state index contributed by atoms with van der Waals surface area (Å²) in [5, 5.41) is 0.934. The molecule has 94 valence electrons. The third-order valence-electron chi connectivity index (χ3n) is 2.30. The van der Waals surface area contributed by atoms with E-state index >= 15 is 0 Å². The normalized spacial score (nSPS) is 10.3. The van der Waals surface area contributed by atoms with Gasteiger partial charge in [0.25, 0.3) is 0 Å². The minimum atomic E-state index is 0.793. The summed E-state index contributed by atoms with van der Waals surface area (Å²) in [6, 6.07) is 7.89. The number of hydrogen-bond donors (Lipinski definition) is 0. The van der Waals surface area contributed by atoms with Gasteiger partial charge in [0.2, 0.25) is 0 Å². The summed E-state index contributed by atoms with van der Waals surface area (Å²) >= 11 is 4.99. The molecule has 0 aliphatic heterocycles. The van der Waals surface area contributed by atoms with Gasteiger partial charge in [-0.3, -0.25) is 4.57 Å². The molecule has 0 atom stereocenters. The molecule has 0 radical (unpaired) electrons. The van der Waals surface area contributed by atoms with Crippen molar-refractivity contribution in [1.29, 1.82) is 0 Å². The van der Waals surface area contributed by atoms with E-state index in [0.717, 1.165) is 26.8 Å². The van der Waals surface area contributed by atoms with Crippen LogP contribution in [0.15, 0.2) is 52.9 Å². The van der Waals surface area contributed by atoms with Gasteiger partial charge in [0.05, 0.1) is 12.8 Å². The third-order valence-corrected chi connectivity index (χ3v) is 4.00. The number of ether oxygens (including phenoxy) is 1. The smallest absolute Gasteiger partial charge is 0.172 e. The number of aromatic nitrogens is 2. The van der Waals surface area contributed by atoms with Crippen LogP contribution in [0.3, 0.4) is 0 Å². The molecule has 0 amide bonds. The van der Waals surface area contributed by atoms with Gasteiger partial charge in [-0.1, -0.05) is 40.3 Å². The number of methoxy groups -OCH3 is 1. The number of nitrogens with zero attached hydrogens (tertiary/aromatic N) is 2. The van der Waals surface area contributed by atoms with Gasteiger partial charge in [-0.25, -0.2) is 4.98 Å². The molecule has 0 fully saturated rings. The lowest BCUT2D eigenvalue weighted by atomic mass is 10.3. The summed E-state index contributed by atoms with van der Waals surface area (Å²) in [7, 11) is 1.66. The van der Waals surface area contributed by atoms with Crippen LogP contribution in [0.25, 0.3) is 5.69 Å². The Morgan fingerprint density at radius 2 is 2.39 bits per heavy atom. The molecule has 2 rings (SSSR count). The van der Waals surface area contributed by atoms with Crippen molar-refractivity contribution >= 4 is 27.7 Å². The van der Waals surface area contributed by atoms with Crippen LogP contribution >= 0.6 is 27.7 Å². The summed E-state index contributed by atoms with van der Waals surface area (Å²) in [5.41, 5.74) is 1.04. The first-order valence-electron chi connectivity index (χ1n) is 5.34. The molecule has 0 unspecified atom stereocenters. The molecule has 2 aromatic rings. The van der Waals surface area contributed by atoms with Crippen LogP contribution in [0.2, 0.25) is 0 Å². The van der Waals surface area contributed by atoms with Crippen LogP contribution in [0.5, 0.6) is 5.75 Å². The minimum absolute atomic E-state index is 0.793. The maximum Gasteiger partial charge on any atom is 0.172 e. The minimum Gasteiger partial charge on any atom is -0.497 e. The SMILES string of the molecule is C=C(Br)CSc1nccn1-c1cccc(OC)c1. The molecule has 1 heterocycles. The standard InChI is InChI=1S/C13H13BrN2OS/c1-10(14)9-18-13-15-6-7-16(13)11-4-3-5-12(8-11)17-2/h3-8H,1,9H2,2H3. The molecule has 0 N–H and O–H groups in total. The van der Waals surface area contributed by atoms with Crippen molar-refractivity contribution in [1.82, 2.24) is 9.55 Å². The van der Waals surface area contributed by atoms with Crippen LogP contribution in [0.1, 0.15) is 0 Å². The van der Waals surface area contributed by atoms with E-state index < -0.39 is 0 Å². The monoisotopic (exact) mass is 324 g/mol. The molecule has 5 heteroatoms. The molecular formula is C13H13BrN2OS. The molecule has 0 bridgehead atoms. The van der Waals surface area contributed by atoms with Gasteiger partial charge in [0.15, 0.2) is 5.16 Å². The second kappa shape index (κ2) is 6.11. The molecule has 0 saturated heterocycles. The summed E-state index contributed by atoms with van der Waals surface area (Å²) in [4.78, 5) is 4.34. The zero-order chi connectivity index (χ0) is 13.0. The molecule has 1 aromatic carbocycles. The van der Waals surface area contributed by atoms with E-state index in [2.05, 4.69) is 27.5 Å². The highest BCUT2D eigenvalue weighted by molar-refractivity contribution is 9.11. The van der Waals surface area contributed by atoms with Crippen molar-refractivity contribution in [3.63, 3.8) is 0 Å². The summed E-state index contributed by atoms with van der Waals surface area (Å²) in [5.74, 6) is 1.63. The Balaban J connectivity index is 2.27. The number of rotatable bonds is 5. The van der Waals surface area contributed by atoms with Gasteiger partial charge >= 0.3 is 0 Å². The van der Waals surface area contributed by atoms with Crippen LogP contribution in [0.4, 0.5) is 0 Å². The average molecular weight is 325 g/mol. The molecule has 1 aromatic heterocycles. The zero-order valence-corrected chi connectivity index (χ0v) is 12.4. The predicted molar refractivity (Wildman–Crippen MR) is 78.9 cm³/mol. The fourth-order valence-electron chi connectivity index (χ4n) is 1.50. The van der Waals surface area contributed by atoms with Gasteiger partial charge in [-0.2, -0.15) is 0 Å². The lowest BCUT2D eigenvalue weighted by Gasteiger charge is -2.08.